The molecule has 0 aliphatic carbocycles. The highest BCUT2D eigenvalue weighted by molar-refractivity contribution is 5.77. The molecule has 0 saturated carbocycles. The van der Waals surface area contributed by atoms with Crippen molar-refractivity contribution in [3.8, 4) is 0 Å². The second kappa shape index (κ2) is 7.22. The standard InChI is InChI=1S/C26H19N5/c1-2-12-27-24(3-1)17-31-25-10-11-26(31)16-23-9-7-21(30-23)14-19-5-4-18(28-19)13-20-6-8-22(15-25)29-20/h1-16,28H,17H2. The molecule has 1 N–H and O–H groups in total. The molecule has 0 spiro atoms. The fraction of sp³-hybridized carbons (Fsp3) is 0.0385. The first-order valence-electron chi connectivity index (χ1n) is 10.2. The van der Waals surface area contributed by atoms with Crippen LogP contribution in [0.15, 0.2) is 72.9 Å². The number of aromatic amines is 1. The second-order valence-electron chi connectivity index (χ2n) is 7.63. The molecule has 0 aromatic carbocycles. The minimum absolute atomic E-state index is 0.675. The van der Waals surface area contributed by atoms with Crippen LogP contribution in [0.5, 0.6) is 0 Å². The predicted molar refractivity (Wildman–Crippen MR) is 126 cm³/mol. The van der Waals surface area contributed by atoms with Gasteiger partial charge >= 0.3 is 0 Å². The van der Waals surface area contributed by atoms with Crippen LogP contribution < -0.4 is 0 Å². The summed E-state index contributed by atoms with van der Waals surface area (Å²) in [6.07, 6.45) is 10.0. The first-order chi connectivity index (χ1) is 15.3. The largest absolute Gasteiger partial charge is 0.355 e. The normalized spacial score (nSPS) is 12.4. The van der Waals surface area contributed by atoms with Gasteiger partial charge in [0.2, 0.25) is 0 Å². The van der Waals surface area contributed by atoms with E-state index in [2.05, 4.69) is 63.1 Å². The van der Waals surface area contributed by atoms with Gasteiger partial charge in [0.25, 0.3) is 0 Å². The zero-order chi connectivity index (χ0) is 20.6. The molecule has 0 atom stereocenters. The molecule has 6 heterocycles. The van der Waals surface area contributed by atoms with E-state index < -0.39 is 0 Å². The smallest absolute Gasteiger partial charge is 0.0658 e. The molecule has 4 aromatic rings. The van der Waals surface area contributed by atoms with Gasteiger partial charge in [-0.3, -0.25) is 4.98 Å². The van der Waals surface area contributed by atoms with Crippen LogP contribution >= 0.6 is 0 Å². The van der Waals surface area contributed by atoms with Crippen molar-refractivity contribution in [2.24, 2.45) is 0 Å². The predicted octanol–water partition coefficient (Wildman–Crippen LogP) is 5.57. The number of nitrogens with one attached hydrogen (secondary N) is 1. The molecule has 0 fully saturated rings. The Morgan fingerprint density at radius 2 is 1.23 bits per heavy atom. The lowest BCUT2D eigenvalue weighted by Gasteiger charge is -2.06. The van der Waals surface area contributed by atoms with E-state index in [4.69, 9.17) is 9.97 Å². The lowest BCUT2D eigenvalue weighted by molar-refractivity contribution is 0.833. The summed E-state index contributed by atoms with van der Waals surface area (Å²) in [5.74, 6) is 0. The first-order valence-corrected chi connectivity index (χ1v) is 10.2. The second-order valence-corrected chi connectivity index (χ2v) is 7.63. The van der Waals surface area contributed by atoms with Crippen molar-refractivity contribution >= 4 is 46.4 Å². The van der Waals surface area contributed by atoms with Crippen molar-refractivity contribution in [3.63, 3.8) is 0 Å². The molecular formula is C26H19N5. The summed E-state index contributed by atoms with van der Waals surface area (Å²) in [6.45, 7) is 0.675. The van der Waals surface area contributed by atoms with Gasteiger partial charge in [-0.2, -0.15) is 0 Å². The minimum Gasteiger partial charge on any atom is -0.355 e. The molecule has 148 valence electrons. The van der Waals surface area contributed by atoms with E-state index in [9.17, 15) is 0 Å². The number of aromatic nitrogens is 5. The lowest BCUT2D eigenvalue weighted by Crippen LogP contribution is -2.00. The maximum absolute atomic E-state index is 4.77. The van der Waals surface area contributed by atoms with Crippen LogP contribution in [0, 0.1) is 0 Å². The Morgan fingerprint density at radius 1 is 0.645 bits per heavy atom. The molecule has 4 aromatic heterocycles. The van der Waals surface area contributed by atoms with Gasteiger partial charge in [0.15, 0.2) is 0 Å². The molecule has 0 amide bonds. The van der Waals surface area contributed by atoms with E-state index in [0.29, 0.717) is 6.54 Å². The van der Waals surface area contributed by atoms with E-state index in [1.165, 1.54) is 0 Å². The molecule has 6 rings (SSSR count). The lowest BCUT2D eigenvalue weighted by atomic mass is 10.3. The minimum atomic E-state index is 0.675. The van der Waals surface area contributed by atoms with Crippen molar-refractivity contribution in [1.29, 1.82) is 0 Å². The van der Waals surface area contributed by atoms with Gasteiger partial charge in [-0.1, -0.05) is 6.07 Å². The van der Waals surface area contributed by atoms with Gasteiger partial charge in [-0.05, 0) is 85.0 Å². The summed E-state index contributed by atoms with van der Waals surface area (Å²) in [4.78, 5) is 17.5. The topological polar surface area (TPSA) is 59.4 Å². The van der Waals surface area contributed by atoms with Crippen LogP contribution in [0.1, 0.15) is 28.5 Å². The first kappa shape index (κ1) is 17.6. The van der Waals surface area contributed by atoms with E-state index in [1.807, 2.05) is 48.7 Å². The highest BCUT2D eigenvalue weighted by Gasteiger charge is 2.06. The summed E-state index contributed by atoms with van der Waals surface area (Å²) >= 11 is 0. The number of hydrogen-bond acceptors (Lipinski definition) is 3. The van der Waals surface area contributed by atoms with Crippen LogP contribution in [0.2, 0.25) is 0 Å². The molecule has 8 bridgehead atoms. The fourth-order valence-electron chi connectivity index (χ4n) is 3.92. The van der Waals surface area contributed by atoms with E-state index in [-0.39, 0.29) is 0 Å². The van der Waals surface area contributed by atoms with E-state index in [1.54, 1.807) is 0 Å². The Kier molecular flexibility index (Phi) is 4.10. The SMILES string of the molecule is C1=Cc2cc3ccc(cc4nc(cc5ccc(cc1n2)[nH]5)C=C4)n3Cc1ccccn1. The van der Waals surface area contributed by atoms with Crippen LogP contribution in [-0.4, -0.2) is 24.5 Å². The zero-order valence-electron chi connectivity index (χ0n) is 16.7. The van der Waals surface area contributed by atoms with Crippen LogP contribution in [0.3, 0.4) is 0 Å². The van der Waals surface area contributed by atoms with Crippen molar-refractivity contribution in [2.45, 2.75) is 6.54 Å². The van der Waals surface area contributed by atoms with Crippen molar-refractivity contribution in [3.05, 3.63) is 101 Å². The average Bonchev–Trinajstić information content (AvgIpc) is 3.56. The Morgan fingerprint density at radius 3 is 1.77 bits per heavy atom. The molecule has 0 unspecified atom stereocenters. The molecule has 0 radical (unpaired) electrons. The summed E-state index contributed by atoms with van der Waals surface area (Å²) in [6, 6.07) is 22.7. The van der Waals surface area contributed by atoms with Crippen LogP contribution in [0.25, 0.3) is 46.4 Å². The zero-order valence-corrected chi connectivity index (χ0v) is 16.7. The Bertz CT molecular complexity index is 1410. The summed E-state index contributed by atoms with van der Waals surface area (Å²) in [5, 5.41) is 0. The summed E-state index contributed by atoms with van der Waals surface area (Å²) in [7, 11) is 0. The molecule has 31 heavy (non-hydrogen) atoms. The van der Waals surface area contributed by atoms with Gasteiger partial charge in [0, 0.05) is 28.3 Å². The van der Waals surface area contributed by atoms with Crippen LogP contribution in [-0.2, 0) is 6.54 Å². The number of pyridine rings is 1. The van der Waals surface area contributed by atoms with Crippen LogP contribution in [0.4, 0.5) is 0 Å². The van der Waals surface area contributed by atoms with Gasteiger partial charge in [0.05, 0.1) is 35.0 Å². The number of fused-ring (bicyclic) bond motifs is 8. The Hall–Kier alpha value is -4.25. The fourth-order valence-corrected chi connectivity index (χ4v) is 3.92. The third kappa shape index (κ3) is 3.57. The van der Waals surface area contributed by atoms with Gasteiger partial charge in [0.1, 0.15) is 0 Å². The Labute approximate surface area is 179 Å². The molecule has 2 aliphatic heterocycles. The van der Waals surface area contributed by atoms with Gasteiger partial charge < -0.3 is 9.55 Å². The van der Waals surface area contributed by atoms with Gasteiger partial charge in [-0.25, -0.2) is 9.97 Å². The van der Waals surface area contributed by atoms with E-state index in [0.717, 1.165) is 50.5 Å². The maximum atomic E-state index is 4.77. The number of nitrogens with zero attached hydrogens (tertiary/aromatic N) is 4. The molecule has 5 nitrogen and oxygen atoms in total. The summed E-state index contributed by atoms with van der Waals surface area (Å²) in [5.41, 5.74) is 8.90. The average molecular weight is 401 g/mol. The number of hydrogen-bond donors (Lipinski definition) is 1. The van der Waals surface area contributed by atoms with Gasteiger partial charge in [-0.15, -0.1) is 0 Å². The number of H-pyrrole nitrogens is 1. The van der Waals surface area contributed by atoms with E-state index >= 15 is 0 Å². The summed E-state index contributed by atoms with van der Waals surface area (Å²) < 4.78 is 2.25. The molecular weight excluding hydrogens is 382 g/mol. The monoisotopic (exact) mass is 401 g/mol. The van der Waals surface area contributed by atoms with Crippen molar-refractivity contribution in [2.75, 3.05) is 0 Å². The Balaban J connectivity index is 1.64. The third-order valence-electron chi connectivity index (χ3n) is 5.39. The highest BCUT2D eigenvalue weighted by Crippen LogP contribution is 2.20. The van der Waals surface area contributed by atoms with Crippen molar-refractivity contribution in [1.82, 2.24) is 24.5 Å². The maximum Gasteiger partial charge on any atom is 0.0658 e. The molecule has 0 saturated heterocycles. The molecule has 5 heteroatoms. The van der Waals surface area contributed by atoms with Crippen molar-refractivity contribution < 1.29 is 0 Å². The number of rotatable bonds is 2. The third-order valence-corrected chi connectivity index (χ3v) is 5.39. The highest BCUT2D eigenvalue weighted by atomic mass is 15.0. The quantitative estimate of drug-likeness (QED) is 0.412. The molecule has 2 aliphatic rings.